The molecule has 0 saturated carbocycles. The molecule has 0 radical (unpaired) electrons. The Morgan fingerprint density at radius 3 is 2.33 bits per heavy atom. The average molecular weight is 331 g/mol. The third-order valence-corrected chi connectivity index (χ3v) is 3.60. The zero-order chi connectivity index (χ0) is 17.6. The number of ether oxygens (including phenoxy) is 2. The maximum Gasteiger partial charge on any atom is 0.410 e. The predicted octanol–water partition coefficient (Wildman–Crippen LogP) is 3.69. The lowest BCUT2D eigenvalue weighted by Gasteiger charge is -2.30. The lowest BCUT2D eigenvalue weighted by atomic mass is 10.0. The van der Waals surface area contributed by atoms with Gasteiger partial charge in [-0.3, -0.25) is 0 Å². The first-order valence-corrected chi connectivity index (χ1v) is 8.21. The molecule has 1 heterocycles. The van der Waals surface area contributed by atoms with E-state index in [1.807, 2.05) is 51.1 Å². The summed E-state index contributed by atoms with van der Waals surface area (Å²) in [6.45, 7) is 6.95. The summed E-state index contributed by atoms with van der Waals surface area (Å²) in [5.74, 6) is -0.334. The van der Waals surface area contributed by atoms with Gasteiger partial charge in [-0.1, -0.05) is 35.9 Å². The molecule has 0 aliphatic carbocycles. The Balaban J connectivity index is 1.77. The molecule has 1 fully saturated rings. The zero-order valence-corrected chi connectivity index (χ0v) is 14.6. The Morgan fingerprint density at radius 1 is 1.12 bits per heavy atom. The van der Waals surface area contributed by atoms with Crippen LogP contribution < -0.4 is 0 Å². The van der Waals surface area contributed by atoms with Gasteiger partial charge in [0.2, 0.25) is 0 Å². The Hall–Kier alpha value is -2.30. The molecule has 1 aliphatic rings. The minimum absolute atomic E-state index is 0.271. The van der Waals surface area contributed by atoms with Crippen LogP contribution >= 0.6 is 0 Å². The van der Waals surface area contributed by atoms with Gasteiger partial charge in [-0.05, 0) is 39.2 Å². The first-order valence-electron chi connectivity index (χ1n) is 8.21. The molecule has 5 heteroatoms. The SMILES string of the molecule is CC(C)(C)OC(=O)N1CCC(=CC(=O)OCc2ccccc2)CC1. The predicted molar refractivity (Wildman–Crippen MR) is 91.4 cm³/mol. The largest absolute Gasteiger partial charge is 0.458 e. The Morgan fingerprint density at radius 2 is 1.75 bits per heavy atom. The number of benzene rings is 1. The molecule has 1 aliphatic heterocycles. The average Bonchev–Trinajstić information content (AvgIpc) is 2.53. The van der Waals surface area contributed by atoms with Crippen molar-refractivity contribution in [3.05, 3.63) is 47.5 Å². The van der Waals surface area contributed by atoms with Crippen molar-refractivity contribution in [1.29, 1.82) is 0 Å². The fraction of sp³-hybridized carbons (Fsp3) is 0.474. The van der Waals surface area contributed by atoms with Gasteiger partial charge in [-0.25, -0.2) is 9.59 Å². The second kappa shape index (κ2) is 7.99. The van der Waals surface area contributed by atoms with E-state index >= 15 is 0 Å². The number of carbonyl (C=O) groups is 2. The standard InChI is InChI=1S/C19H25NO4/c1-19(2,3)24-18(22)20-11-9-15(10-12-20)13-17(21)23-14-16-7-5-4-6-8-16/h4-8,13H,9-12,14H2,1-3H3. The van der Waals surface area contributed by atoms with E-state index in [9.17, 15) is 9.59 Å². The summed E-state index contributed by atoms with van der Waals surface area (Å²) >= 11 is 0. The van der Waals surface area contributed by atoms with Gasteiger partial charge in [0.05, 0.1) is 0 Å². The second-order valence-corrected chi connectivity index (χ2v) is 6.86. The van der Waals surface area contributed by atoms with Gasteiger partial charge in [0.25, 0.3) is 0 Å². The van der Waals surface area contributed by atoms with Crippen LogP contribution in [0.5, 0.6) is 0 Å². The van der Waals surface area contributed by atoms with Crippen LogP contribution in [0.4, 0.5) is 4.79 Å². The van der Waals surface area contributed by atoms with Crippen molar-refractivity contribution in [1.82, 2.24) is 4.90 Å². The maximum atomic E-state index is 12.0. The number of carbonyl (C=O) groups excluding carboxylic acids is 2. The van der Waals surface area contributed by atoms with Crippen molar-refractivity contribution in [2.75, 3.05) is 13.1 Å². The number of hydrogen-bond acceptors (Lipinski definition) is 4. The normalized spacial score (nSPS) is 15.0. The minimum Gasteiger partial charge on any atom is -0.458 e. The van der Waals surface area contributed by atoms with Crippen LogP contribution in [0.3, 0.4) is 0 Å². The number of likely N-dealkylation sites (tertiary alicyclic amines) is 1. The topological polar surface area (TPSA) is 55.8 Å². The Bertz CT molecular complexity index is 592. The van der Waals surface area contributed by atoms with Gasteiger partial charge in [-0.2, -0.15) is 0 Å². The highest BCUT2D eigenvalue weighted by Crippen LogP contribution is 2.19. The molecule has 130 valence electrons. The van der Waals surface area contributed by atoms with E-state index < -0.39 is 5.60 Å². The summed E-state index contributed by atoms with van der Waals surface area (Å²) in [4.78, 5) is 25.6. The van der Waals surface area contributed by atoms with E-state index in [1.165, 1.54) is 0 Å². The van der Waals surface area contributed by atoms with Gasteiger partial charge in [0, 0.05) is 19.2 Å². The number of rotatable bonds is 3. The van der Waals surface area contributed by atoms with Crippen LogP contribution in [0.15, 0.2) is 42.0 Å². The Labute approximate surface area is 143 Å². The molecule has 0 aromatic heterocycles. The number of piperidine rings is 1. The third-order valence-electron chi connectivity index (χ3n) is 3.60. The van der Waals surface area contributed by atoms with Gasteiger partial charge in [-0.15, -0.1) is 0 Å². The maximum absolute atomic E-state index is 12.0. The molecule has 1 saturated heterocycles. The molecule has 0 bridgehead atoms. The van der Waals surface area contributed by atoms with Gasteiger partial charge < -0.3 is 14.4 Å². The van der Waals surface area contributed by atoms with Gasteiger partial charge in [0.1, 0.15) is 12.2 Å². The first-order chi connectivity index (χ1) is 11.3. The third kappa shape index (κ3) is 6.07. The molecule has 1 aromatic rings. The van der Waals surface area contributed by atoms with Crippen LogP contribution in [0.2, 0.25) is 0 Å². The van der Waals surface area contributed by atoms with E-state index in [4.69, 9.17) is 9.47 Å². The molecular formula is C19H25NO4. The van der Waals surface area contributed by atoms with E-state index in [0.29, 0.717) is 25.9 Å². The van der Waals surface area contributed by atoms with Crippen LogP contribution in [-0.4, -0.2) is 35.7 Å². The van der Waals surface area contributed by atoms with Crippen molar-refractivity contribution < 1.29 is 19.1 Å². The van der Waals surface area contributed by atoms with Crippen molar-refractivity contribution >= 4 is 12.1 Å². The molecular weight excluding hydrogens is 306 g/mol. The molecule has 0 atom stereocenters. The molecule has 0 spiro atoms. The van der Waals surface area contributed by atoms with E-state index in [0.717, 1.165) is 11.1 Å². The second-order valence-electron chi connectivity index (χ2n) is 6.86. The highest BCUT2D eigenvalue weighted by atomic mass is 16.6. The molecule has 0 N–H and O–H groups in total. The number of nitrogens with zero attached hydrogens (tertiary/aromatic N) is 1. The molecule has 0 unspecified atom stereocenters. The lowest BCUT2D eigenvalue weighted by Crippen LogP contribution is -2.40. The van der Waals surface area contributed by atoms with Gasteiger partial charge in [0.15, 0.2) is 0 Å². The molecule has 1 amide bonds. The molecule has 24 heavy (non-hydrogen) atoms. The summed E-state index contributed by atoms with van der Waals surface area (Å²) in [5.41, 5.74) is 1.48. The molecule has 5 nitrogen and oxygen atoms in total. The molecule has 1 aromatic carbocycles. The number of esters is 1. The van der Waals surface area contributed by atoms with Crippen LogP contribution in [0.25, 0.3) is 0 Å². The zero-order valence-electron chi connectivity index (χ0n) is 14.6. The summed E-state index contributed by atoms with van der Waals surface area (Å²) in [5, 5.41) is 0. The number of hydrogen-bond donors (Lipinski definition) is 0. The quantitative estimate of drug-likeness (QED) is 0.626. The van der Waals surface area contributed by atoms with Crippen LogP contribution in [0.1, 0.15) is 39.2 Å². The summed E-state index contributed by atoms with van der Waals surface area (Å²) in [6.07, 6.45) is 2.59. The van der Waals surface area contributed by atoms with E-state index in [1.54, 1.807) is 11.0 Å². The van der Waals surface area contributed by atoms with Crippen molar-refractivity contribution in [3.63, 3.8) is 0 Å². The van der Waals surface area contributed by atoms with Crippen LogP contribution in [0, 0.1) is 0 Å². The smallest absolute Gasteiger partial charge is 0.410 e. The van der Waals surface area contributed by atoms with Gasteiger partial charge >= 0.3 is 12.1 Å². The fourth-order valence-corrected chi connectivity index (χ4v) is 2.38. The molecule has 2 rings (SSSR count). The van der Waals surface area contributed by atoms with Crippen LogP contribution in [-0.2, 0) is 20.9 Å². The summed E-state index contributed by atoms with van der Waals surface area (Å²) in [6, 6.07) is 9.58. The van der Waals surface area contributed by atoms with Crippen molar-refractivity contribution in [2.45, 2.75) is 45.8 Å². The van der Waals surface area contributed by atoms with Crippen molar-refractivity contribution in [3.8, 4) is 0 Å². The minimum atomic E-state index is -0.492. The Kier molecular flexibility index (Phi) is 6.01. The monoisotopic (exact) mass is 331 g/mol. The summed E-state index contributed by atoms with van der Waals surface area (Å²) in [7, 11) is 0. The fourth-order valence-electron chi connectivity index (χ4n) is 2.38. The van der Waals surface area contributed by atoms with E-state index in [2.05, 4.69) is 0 Å². The number of amides is 1. The highest BCUT2D eigenvalue weighted by molar-refractivity contribution is 5.83. The lowest BCUT2D eigenvalue weighted by molar-refractivity contribution is -0.139. The highest BCUT2D eigenvalue weighted by Gasteiger charge is 2.24. The first kappa shape index (κ1) is 18.0. The van der Waals surface area contributed by atoms with Crippen molar-refractivity contribution in [2.24, 2.45) is 0 Å². The van der Waals surface area contributed by atoms with E-state index in [-0.39, 0.29) is 18.7 Å². The summed E-state index contributed by atoms with van der Waals surface area (Å²) < 4.78 is 10.6.